The average molecular weight is 368 g/mol. The maximum atomic E-state index is 13.3. The molecule has 7 nitrogen and oxygen atoms in total. The standard InChI is InChI=1S/C18H21NO6/c1-13(18(20)24-9-3-4-10-25-19(21)22)14-5-6-16-12-17(23-2)8-7-15(16)11-14/h5-8,11-13H,3-4,9-10H2,1-2H3/i1D3,2D3,3D2,4D2,5D,6D,7D,8D,9D2,10D2,11D,12D,13D. The number of benzene rings is 2. The zero-order valence-corrected chi connectivity index (χ0v) is 11.9. The van der Waals surface area contributed by atoms with Gasteiger partial charge in [-0.1, -0.05) is 24.2 Å². The lowest BCUT2D eigenvalue weighted by molar-refractivity contribution is -0.757. The Bertz CT molecular complexity index is 1580. The van der Waals surface area contributed by atoms with Crippen LogP contribution in [-0.4, -0.2) is 31.2 Å². The van der Waals surface area contributed by atoms with Crippen LogP contribution < -0.4 is 4.74 Å². The van der Waals surface area contributed by atoms with Crippen LogP contribution in [0.3, 0.4) is 0 Å². The summed E-state index contributed by atoms with van der Waals surface area (Å²) in [5.41, 5.74) is -1.63. The topological polar surface area (TPSA) is 87.9 Å². The Morgan fingerprint density at radius 1 is 1.32 bits per heavy atom. The fourth-order valence-electron chi connectivity index (χ4n) is 1.37. The largest absolute Gasteiger partial charge is 0.497 e. The molecule has 2 rings (SSSR count). The van der Waals surface area contributed by atoms with Gasteiger partial charge in [0.05, 0.1) is 43.9 Å². The normalized spacial score (nSPS) is 28.6. The predicted molar refractivity (Wildman–Crippen MR) is 92.1 cm³/mol. The Morgan fingerprint density at radius 3 is 2.84 bits per heavy atom. The van der Waals surface area contributed by atoms with E-state index in [4.69, 9.17) is 28.8 Å². The van der Waals surface area contributed by atoms with Gasteiger partial charge in [0.1, 0.15) is 5.75 Å². The fraction of sp³-hybridized carbons (Fsp3) is 0.389. The number of nitrogens with zero attached hydrogens (tertiary/aromatic N) is 1. The Morgan fingerprint density at radius 2 is 2.08 bits per heavy atom. The average Bonchev–Trinajstić information content (AvgIpc) is 2.84. The number of hydrogen-bond acceptors (Lipinski definition) is 6. The number of ether oxygens (including phenoxy) is 2. The SMILES string of the molecule is [2H]c1c(C([2H])(C(=O)OC([2H])([2H])C([2H])([2H])C([2H])([2H])C([2H])([2H])O[N+](=O)[O-])C([2H])([2H])[2H])c([2H])c2c([2H])c([2H])c(OC([2H])([2H])[2H])c([2H])c2c1[2H]. The van der Waals surface area contributed by atoms with E-state index >= 15 is 0 Å². The van der Waals surface area contributed by atoms with Crippen LogP contribution in [0, 0.1) is 10.1 Å². The van der Waals surface area contributed by atoms with Crippen molar-refractivity contribution in [1.82, 2.24) is 0 Å². The molecule has 0 spiro atoms. The summed E-state index contributed by atoms with van der Waals surface area (Å²) in [4.78, 5) is 27.4. The van der Waals surface area contributed by atoms with E-state index in [1.165, 1.54) is 0 Å². The Labute approximate surface area is 175 Å². The van der Waals surface area contributed by atoms with Gasteiger partial charge in [0.15, 0.2) is 0 Å². The summed E-state index contributed by atoms with van der Waals surface area (Å²) in [6, 6.07) is -7.78. The van der Waals surface area contributed by atoms with Gasteiger partial charge >= 0.3 is 5.97 Å². The first-order valence-electron chi connectivity index (χ1n) is 16.5. The van der Waals surface area contributed by atoms with Crippen molar-refractivity contribution in [2.45, 2.75) is 25.5 Å². The highest BCUT2D eigenvalue weighted by atomic mass is 16.9. The zero-order valence-electron chi connectivity index (χ0n) is 32.9. The Balaban J connectivity index is 2.94. The molecule has 1 atom stereocenters. The van der Waals surface area contributed by atoms with Crippen LogP contribution in [0.1, 0.15) is 59.8 Å². The molecular formula is C18H21NO6. The lowest BCUT2D eigenvalue weighted by atomic mass is 9.98. The molecule has 0 heterocycles. The highest BCUT2D eigenvalue weighted by Gasteiger charge is 2.17. The van der Waals surface area contributed by atoms with E-state index in [1.54, 1.807) is 0 Å². The fourth-order valence-corrected chi connectivity index (χ4v) is 1.37. The van der Waals surface area contributed by atoms with Crippen molar-refractivity contribution < 1.29 is 53.0 Å². The Hall–Kier alpha value is -2.83. The van der Waals surface area contributed by atoms with Crippen LogP contribution in [0.25, 0.3) is 10.8 Å². The summed E-state index contributed by atoms with van der Waals surface area (Å²) in [7, 11) is -3.29. The second kappa shape index (κ2) is 8.86. The van der Waals surface area contributed by atoms with Gasteiger partial charge in [-0.15, -0.1) is 10.1 Å². The first-order valence-corrected chi connectivity index (χ1v) is 6.02. The molecule has 0 aliphatic rings. The van der Waals surface area contributed by atoms with E-state index in [0.29, 0.717) is 0 Å². The van der Waals surface area contributed by atoms with Gasteiger partial charge in [-0.2, -0.15) is 0 Å². The van der Waals surface area contributed by atoms with Gasteiger partial charge in [0, 0.05) is 11.0 Å². The van der Waals surface area contributed by atoms with Crippen LogP contribution in [0.2, 0.25) is 0 Å². The summed E-state index contributed by atoms with van der Waals surface area (Å²) in [5.74, 6) is -7.99. The highest BCUT2D eigenvalue weighted by Crippen LogP contribution is 2.25. The van der Waals surface area contributed by atoms with E-state index < -0.39 is 115 Å². The molecule has 0 N–H and O–H groups in total. The van der Waals surface area contributed by atoms with Crippen LogP contribution in [0.5, 0.6) is 5.75 Å². The number of hydrogen-bond donors (Lipinski definition) is 0. The zero-order chi connectivity index (χ0) is 36.5. The number of carbonyl (C=O) groups excluding carboxylic acids is 1. The Kier molecular flexibility index (Phi) is 1.81. The first kappa shape index (κ1) is 5.09. The summed E-state index contributed by atoms with van der Waals surface area (Å²) in [5, 5.41) is 6.78. The smallest absolute Gasteiger partial charge is 0.313 e. The van der Waals surface area contributed by atoms with Crippen molar-refractivity contribution in [2.24, 2.45) is 0 Å². The minimum Gasteiger partial charge on any atom is -0.497 e. The van der Waals surface area contributed by atoms with Gasteiger partial charge in [-0.3, -0.25) is 4.79 Å². The van der Waals surface area contributed by atoms with Gasteiger partial charge in [0.25, 0.3) is 5.09 Å². The molecule has 2 aromatic carbocycles. The number of fused-ring (bicyclic) bond motifs is 1. The van der Waals surface area contributed by atoms with Gasteiger partial charge < -0.3 is 14.3 Å². The van der Waals surface area contributed by atoms with Gasteiger partial charge in [0.2, 0.25) is 0 Å². The summed E-state index contributed by atoms with van der Waals surface area (Å²) >= 11 is 0. The summed E-state index contributed by atoms with van der Waals surface area (Å²) in [6.07, 6.45) is -8.90. The second-order valence-corrected chi connectivity index (χ2v) is 3.84. The molecule has 0 fully saturated rings. The molecule has 0 aromatic heterocycles. The maximum absolute atomic E-state index is 13.3. The van der Waals surface area contributed by atoms with Crippen molar-refractivity contribution in [1.29, 1.82) is 0 Å². The number of esters is 1. The lowest BCUT2D eigenvalue weighted by Crippen LogP contribution is -2.14. The van der Waals surface area contributed by atoms with Crippen molar-refractivity contribution >= 4 is 16.7 Å². The molecule has 0 bridgehead atoms. The molecule has 7 heteroatoms. The van der Waals surface area contributed by atoms with Gasteiger partial charge in [-0.05, 0) is 48.0 Å². The molecule has 25 heavy (non-hydrogen) atoms. The van der Waals surface area contributed by atoms with Crippen molar-refractivity contribution in [3.63, 3.8) is 0 Å². The van der Waals surface area contributed by atoms with Crippen molar-refractivity contribution in [3.8, 4) is 5.75 Å². The van der Waals surface area contributed by atoms with Crippen LogP contribution in [-0.2, 0) is 14.4 Å². The molecule has 0 aliphatic heterocycles. The molecule has 1 unspecified atom stereocenters. The van der Waals surface area contributed by atoms with E-state index in [0.717, 1.165) is 0 Å². The number of methoxy groups -OCH3 is 1. The highest BCUT2D eigenvalue weighted by molar-refractivity contribution is 5.86. The van der Waals surface area contributed by atoms with Crippen LogP contribution >= 0.6 is 0 Å². The molecule has 0 amide bonds. The summed E-state index contributed by atoms with van der Waals surface area (Å²) < 4.78 is 174. The molecule has 0 saturated carbocycles. The molecule has 2 aromatic rings. The minimum atomic E-state index is -4.51. The second-order valence-electron chi connectivity index (χ2n) is 3.84. The maximum Gasteiger partial charge on any atom is 0.313 e. The predicted octanol–water partition coefficient (Wildman–Crippen LogP) is 3.48. The third kappa shape index (κ3) is 5.34. The number of carbonyl (C=O) groups is 1. The van der Waals surface area contributed by atoms with Gasteiger partial charge in [-0.25, -0.2) is 0 Å². The molecular weight excluding hydrogens is 326 g/mol. The third-order valence-corrected chi connectivity index (χ3v) is 2.34. The first-order chi connectivity index (χ1) is 20.2. The van der Waals surface area contributed by atoms with Crippen molar-refractivity contribution in [3.05, 3.63) is 51.9 Å². The van der Waals surface area contributed by atoms with Crippen LogP contribution in [0.15, 0.2) is 36.3 Å². The van der Waals surface area contributed by atoms with Crippen molar-refractivity contribution in [2.75, 3.05) is 20.2 Å². The minimum absolute atomic E-state index is 0.923. The van der Waals surface area contributed by atoms with Crippen LogP contribution in [0.4, 0.5) is 0 Å². The number of rotatable bonds is 9. The molecule has 0 aliphatic carbocycles. The van der Waals surface area contributed by atoms with E-state index in [1.807, 2.05) is 0 Å². The molecule has 0 radical (unpaired) electrons. The van der Waals surface area contributed by atoms with E-state index in [2.05, 4.69) is 14.3 Å². The molecule has 0 saturated heterocycles. The third-order valence-electron chi connectivity index (χ3n) is 2.34. The molecule has 134 valence electrons. The summed E-state index contributed by atoms with van der Waals surface area (Å²) in [6.45, 7) is -12.9. The van der Waals surface area contributed by atoms with E-state index in [9.17, 15) is 14.9 Å². The lowest BCUT2D eigenvalue weighted by Gasteiger charge is -2.13. The monoisotopic (exact) mass is 368 g/mol. The van der Waals surface area contributed by atoms with E-state index in [-0.39, 0.29) is 0 Å². The quantitative estimate of drug-likeness (QED) is 0.382.